The molecule has 2 atom stereocenters. The molecule has 0 saturated carbocycles. The second-order valence-corrected chi connectivity index (χ2v) is 6.09. The van der Waals surface area contributed by atoms with E-state index >= 15 is 0 Å². The maximum Gasteiger partial charge on any atom is 0.151 e. The molecule has 0 radical (unpaired) electrons. The number of thiophene rings is 1. The van der Waals surface area contributed by atoms with E-state index < -0.39 is 12.2 Å². The lowest BCUT2D eigenvalue weighted by atomic mass is 10.0. The zero-order chi connectivity index (χ0) is 15.4. The van der Waals surface area contributed by atoms with Crippen molar-refractivity contribution in [1.82, 2.24) is 5.32 Å². The Balaban J connectivity index is 0.00000192. The fraction of sp³-hybridized carbons (Fsp3) is 0.222. The molecule has 0 unspecified atom stereocenters. The van der Waals surface area contributed by atoms with Gasteiger partial charge in [0.15, 0.2) is 6.10 Å². The molecule has 0 aliphatic rings. The molecule has 0 aliphatic heterocycles. The molecule has 23 heavy (non-hydrogen) atoms. The predicted molar refractivity (Wildman–Crippen MR) is 98.8 cm³/mol. The molecule has 3 aromatic rings. The Hall–Kier alpha value is -1.59. The van der Waals surface area contributed by atoms with E-state index in [2.05, 4.69) is 22.8 Å². The Morgan fingerprint density at radius 1 is 1.09 bits per heavy atom. The van der Waals surface area contributed by atoms with Crippen LogP contribution in [0.1, 0.15) is 11.7 Å². The number of nitrogens with one attached hydrogen (secondary N) is 1. The molecule has 0 amide bonds. The van der Waals surface area contributed by atoms with Crippen LogP contribution in [0.5, 0.6) is 5.75 Å². The van der Waals surface area contributed by atoms with Crippen LogP contribution in [0.3, 0.4) is 0 Å². The van der Waals surface area contributed by atoms with Crippen LogP contribution in [0, 0.1) is 0 Å². The summed E-state index contributed by atoms with van der Waals surface area (Å²) in [5.74, 6) is 0.816. The van der Waals surface area contributed by atoms with E-state index in [-0.39, 0.29) is 12.4 Å². The van der Waals surface area contributed by atoms with Gasteiger partial charge in [-0.25, -0.2) is 0 Å². The molecular weight excluding hydrogens is 330 g/mol. The molecule has 2 N–H and O–H groups in total. The van der Waals surface area contributed by atoms with Crippen LogP contribution in [0.2, 0.25) is 0 Å². The molecule has 0 bridgehead atoms. The zero-order valence-electron chi connectivity index (χ0n) is 12.8. The maximum atomic E-state index is 10.5. The van der Waals surface area contributed by atoms with Gasteiger partial charge in [-0.15, -0.1) is 23.7 Å². The molecule has 0 saturated heterocycles. The predicted octanol–water partition coefficient (Wildman–Crippen LogP) is 4.02. The van der Waals surface area contributed by atoms with Crippen molar-refractivity contribution in [2.24, 2.45) is 0 Å². The fourth-order valence-corrected chi connectivity index (χ4v) is 3.38. The van der Waals surface area contributed by atoms with E-state index in [9.17, 15) is 5.11 Å². The van der Waals surface area contributed by atoms with Crippen LogP contribution >= 0.6 is 23.7 Å². The number of halogens is 1. The van der Waals surface area contributed by atoms with Crippen molar-refractivity contribution in [2.45, 2.75) is 12.2 Å². The van der Waals surface area contributed by atoms with Crippen molar-refractivity contribution in [1.29, 1.82) is 0 Å². The largest absolute Gasteiger partial charge is 0.481 e. The van der Waals surface area contributed by atoms with E-state index in [0.717, 1.165) is 21.4 Å². The Morgan fingerprint density at radius 2 is 1.87 bits per heavy atom. The van der Waals surface area contributed by atoms with Crippen molar-refractivity contribution in [3.05, 3.63) is 65.5 Å². The Morgan fingerprint density at radius 3 is 2.61 bits per heavy atom. The highest BCUT2D eigenvalue weighted by Crippen LogP contribution is 2.34. The van der Waals surface area contributed by atoms with Gasteiger partial charge in [-0.05, 0) is 35.5 Å². The number of aliphatic hydroxyl groups is 1. The maximum absolute atomic E-state index is 10.5. The third-order valence-electron chi connectivity index (χ3n) is 3.59. The number of likely N-dealkylation sites (N-methyl/N-ethyl adjacent to an activating group) is 1. The molecule has 0 aliphatic carbocycles. The first-order valence-corrected chi connectivity index (χ1v) is 8.18. The van der Waals surface area contributed by atoms with E-state index in [1.165, 1.54) is 0 Å². The topological polar surface area (TPSA) is 41.5 Å². The van der Waals surface area contributed by atoms with E-state index in [0.29, 0.717) is 6.54 Å². The van der Waals surface area contributed by atoms with Crippen LogP contribution in [0.4, 0.5) is 0 Å². The van der Waals surface area contributed by atoms with Gasteiger partial charge in [0.05, 0.1) is 4.70 Å². The molecule has 0 spiro atoms. The number of hydrogen-bond donors (Lipinski definition) is 2. The second-order valence-electron chi connectivity index (χ2n) is 5.17. The van der Waals surface area contributed by atoms with E-state index in [4.69, 9.17) is 4.74 Å². The fourth-order valence-electron chi connectivity index (χ4n) is 2.52. The molecule has 3 nitrogen and oxygen atoms in total. The summed E-state index contributed by atoms with van der Waals surface area (Å²) in [6.45, 7) is 0.472. The van der Waals surface area contributed by atoms with Gasteiger partial charge in [0.1, 0.15) is 11.9 Å². The van der Waals surface area contributed by atoms with Crippen LogP contribution in [0.25, 0.3) is 10.1 Å². The standard InChI is InChI=1S/C18H19NO2S.ClH/c1-19-12-15(20)17(13-6-3-2-4-7-13)21-16-9-5-8-14-10-11-22-18(14)16;/h2-11,15,17,19-20H,12H2,1H3;1H/t15-,17-;/m1./s1. The first-order valence-electron chi connectivity index (χ1n) is 7.30. The lowest BCUT2D eigenvalue weighted by molar-refractivity contribution is 0.0380. The minimum Gasteiger partial charge on any atom is -0.481 e. The smallest absolute Gasteiger partial charge is 0.151 e. The summed E-state index contributed by atoms with van der Waals surface area (Å²) in [6.07, 6.45) is -1.02. The highest BCUT2D eigenvalue weighted by molar-refractivity contribution is 7.17. The van der Waals surface area contributed by atoms with Crippen LogP contribution in [0.15, 0.2) is 60.0 Å². The SMILES string of the molecule is CNC[C@@H](O)[C@H](Oc1cccc2ccsc12)c1ccccc1.Cl. The lowest BCUT2D eigenvalue weighted by Gasteiger charge is -2.25. The summed E-state index contributed by atoms with van der Waals surface area (Å²) < 4.78 is 7.32. The number of ether oxygens (including phenoxy) is 1. The van der Waals surface area contributed by atoms with Gasteiger partial charge in [0.2, 0.25) is 0 Å². The van der Waals surface area contributed by atoms with E-state index in [1.54, 1.807) is 11.3 Å². The minimum absolute atomic E-state index is 0. The van der Waals surface area contributed by atoms with Crippen molar-refractivity contribution in [2.75, 3.05) is 13.6 Å². The van der Waals surface area contributed by atoms with Crippen LogP contribution in [-0.2, 0) is 0 Å². The van der Waals surface area contributed by atoms with Crippen molar-refractivity contribution in [3.8, 4) is 5.75 Å². The number of benzene rings is 2. The van der Waals surface area contributed by atoms with Gasteiger partial charge in [0.25, 0.3) is 0 Å². The molecule has 2 aromatic carbocycles. The Labute approximate surface area is 146 Å². The van der Waals surface area contributed by atoms with Gasteiger partial charge in [0, 0.05) is 6.54 Å². The van der Waals surface area contributed by atoms with Gasteiger partial charge in [-0.2, -0.15) is 0 Å². The van der Waals surface area contributed by atoms with Crippen molar-refractivity contribution >= 4 is 33.8 Å². The Kier molecular flexibility index (Phi) is 6.42. The van der Waals surface area contributed by atoms with Crippen LogP contribution < -0.4 is 10.1 Å². The number of fused-ring (bicyclic) bond motifs is 1. The number of aliphatic hydroxyl groups excluding tert-OH is 1. The molecule has 1 aromatic heterocycles. The van der Waals surface area contributed by atoms with Crippen LogP contribution in [-0.4, -0.2) is 24.8 Å². The summed E-state index contributed by atoms with van der Waals surface area (Å²) in [4.78, 5) is 0. The lowest BCUT2D eigenvalue weighted by Crippen LogP contribution is -2.32. The third kappa shape index (κ3) is 4.03. The van der Waals surface area contributed by atoms with Gasteiger partial charge in [-0.3, -0.25) is 0 Å². The Bertz CT molecular complexity index is 732. The molecule has 3 rings (SSSR count). The van der Waals surface area contributed by atoms with Gasteiger partial charge in [-0.1, -0.05) is 42.5 Å². The van der Waals surface area contributed by atoms with Gasteiger partial charge < -0.3 is 15.2 Å². The first-order chi connectivity index (χ1) is 10.8. The third-order valence-corrected chi connectivity index (χ3v) is 4.53. The molecule has 1 heterocycles. The summed E-state index contributed by atoms with van der Waals surface area (Å²) >= 11 is 1.65. The quantitative estimate of drug-likeness (QED) is 0.706. The summed E-state index contributed by atoms with van der Waals surface area (Å²) in [5.41, 5.74) is 0.971. The summed E-state index contributed by atoms with van der Waals surface area (Å²) in [5, 5.41) is 16.7. The number of rotatable bonds is 6. The molecular formula is C18H20ClNO2S. The summed E-state index contributed by atoms with van der Waals surface area (Å²) in [7, 11) is 1.82. The van der Waals surface area contributed by atoms with Gasteiger partial charge >= 0.3 is 0 Å². The second kappa shape index (κ2) is 8.31. The molecule has 5 heteroatoms. The van der Waals surface area contributed by atoms with Crippen molar-refractivity contribution in [3.63, 3.8) is 0 Å². The zero-order valence-corrected chi connectivity index (χ0v) is 14.4. The highest BCUT2D eigenvalue weighted by atomic mass is 35.5. The van der Waals surface area contributed by atoms with E-state index in [1.807, 2.05) is 49.5 Å². The molecule has 122 valence electrons. The highest BCUT2D eigenvalue weighted by Gasteiger charge is 2.23. The number of hydrogen-bond acceptors (Lipinski definition) is 4. The van der Waals surface area contributed by atoms with Crippen molar-refractivity contribution < 1.29 is 9.84 Å². The first kappa shape index (κ1) is 17.8. The average molecular weight is 350 g/mol. The molecule has 0 fully saturated rings. The summed E-state index contributed by atoms with van der Waals surface area (Å²) in [6, 6.07) is 17.9. The minimum atomic E-state index is -0.623. The average Bonchev–Trinajstić information content (AvgIpc) is 3.03. The normalized spacial score (nSPS) is 13.3. The monoisotopic (exact) mass is 349 g/mol.